The molecule has 1 aromatic carbocycles. The first-order valence-corrected chi connectivity index (χ1v) is 8.85. The van der Waals surface area contributed by atoms with Gasteiger partial charge in [0.2, 0.25) is 0 Å². The minimum absolute atomic E-state index is 0.270. The molecule has 4 saturated carbocycles. The van der Waals surface area contributed by atoms with E-state index in [9.17, 15) is 4.79 Å². The molecule has 3 N–H and O–H groups in total. The second-order valence-corrected chi connectivity index (χ2v) is 7.91. The van der Waals surface area contributed by atoms with Crippen LogP contribution in [0.3, 0.4) is 0 Å². The van der Waals surface area contributed by atoms with Crippen molar-refractivity contribution in [3.05, 3.63) is 35.9 Å². The van der Waals surface area contributed by atoms with Gasteiger partial charge in [0, 0.05) is 6.04 Å². The molecule has 0 aromatic heterocycles. The summed E-state index contributed by atoms with van der Waals surface area (Å²) in [5.41, 5.74) is 7.46. The Kier molecular flexibility index (Phi) is 3.80. The van der Waals surface area contributed by atoms with E-state index in [1.807, 2.05) is 30.3 Å². The fourth-order valence-electron chi connectivity index (χ4n) is 5.58. The molecular formula is C19H26N2O2. The molecule has 4 heteroatoms. The summed E-state index contributed by atoms with van der Waals surface area (Å²) in [6, 6.07) is 10.1. The van der Waals surface area contributed by atoms with Crippen LogP contribution >= 0.6 is 0 Å². The van der Waals surface area contributed by atoms with Crippen LogP contribution in [0.4, 0.5) is 4.79 Å². The van der Waals surface area contributed by atoms with Crippen molar-refractivity contribution >= 4 is 6.09 Å². The topological polar surface area (TPSA) is 64.3 Å². The van der Waals surface area contributed by atoms with Crippen LogP contribution in [0.25, 0.3) is 0 Å². The Labute approximate surface area is 137 Å². The Morgan fingerprint density at radius 3 is 2.52 bits per heavy atom. The van der Waals surface area contributed by atoms with Gasteiger partial charge in [-0.3, -0.25) is 0 Å². The first-order valence-electron chi connectivity index (χ1n) is 8.85. The fourth-order valence-corrected chi connectivity index (χ4v) is 5.58. The quantitative estimate of drug-likeness (QED) is 0.897. The van der Waals surface area contributed by atoms with Gasteiger partial charge in [-0.2, -0.15) is 0 Å². The lowest BCUT2D eigenvalue weighted by Crippen LogP contribution is -2.60. The van der Waals surface area contributed by atoms with E-state index in [1.165, 1.54) is 32.1 Å². The molecule has 0 spiro atoms. The van der Waals surface area contributed by atoms with Gasteiger partial charge in [-0.05, 0) is 67.4 Å². The molecule has 5 rings (SSSR count). The summed E-state index contributed by atoms with van der Waals surface area (Å²) in [7, 11) is 0. The van der Waals surface area contributed by atoms with Crippen LogP contribution in [0.15, 0.2) is 30.3 Å². The third-order valence-corrected chi connectivity index (χ3v) is 6.33. The van der Waals surface area contributed by atoms with E-state index in [4.69, 9.17) is 10.5 Å². The molecule has 4 aliphatic rings. The first-order chi connectivity index (χ1) is 11.2. The predicted molar refractivity (Wildman–Crippen MR) is 88.6 cm³/mol. The van der Waals surface area contributed by atoms with Gasteiger partial charge >= 0.3 is 6.09 Å². The maximum absolute atomic E-state index is 12.2. The van der Waals surface area contributed by atoms with E-state index in [0.717, 1.165) is 18.0 Å². The Bertz CT molecular complexity index is 558. The van der Waals surface area contributed by atoms with Crippen molar-refractivity contribution in [3.8, 4) is 0 Å². The van der Waals surface area contributed by atoms with E-state index < -0.39 is 0 Å². The summed E-state index contributed by atoms with van der Waals surface area (Å²) in [4.78, 5) is 12.2. The van der Waals surface area contributed by atoms with Crippen molar-refractivity contribution in [2.75, 3.05) is 6.54 Å². The van der Waals surface area contributed by atoms with E-state index in [0.29, 0.717) is 23.9 Å². The number of nitrogens with two attached hydrogens (primary N) is 1. The van der Waals surface area contributed by atoms with E-state index >= 15 is 0 Å². The summed E-state index contributed by atoms with van der Waals surface area (Å²) in [5, 5.41) is 3.17. The second-order valence-electron chi connectivity index (χ2n) is 7.91. The van der Waals surface area contributed by atoms with E-state index in [-0.39, 0.29) is 12.1 Å². The summed E-state index contributed by atoms with van der Waals surface area (Å²) in [6.45, 7) is 1.14. The van der Waals surface area contributed by atoms with Gasteiger partial charge in [0.15, 0.2) is 0 Å². The minimum Gasteiger partial charge on any atom is -0.445 e. The van der Waals surface area contributed by atoms with Gasteiger partial charge in [0.1, 0.15) is 6.61 Å². The molecule has 1 aromatic rings. The van der Waals surface area contributed by atoms with Crippen molar-refractivity contribution in [1.82, 2.24) is 5.32 Å². The monoisotopic (exact) mass is 314 g/mol. The van der Waals surface area contributed by atoms with Gasteiger partial charge in [0.05, 0.1) is 0 Å². The van der Waals surface area contributed by atoms with Gasteiger partial charge in [0.25, 0.3) is 0 Å². The average molecular weight is 314 g/mol. The van der Waals surface area contributed by atoms with Crippen LogP contribution < -0.4 is 11.1 Å². The number of benzene rings is 1. The lowest BCUT2D eigenvalue weighted by molar-refractivity contribution is -0.0703. The SMILES string of the molecule is NCC12CC3C[C@H](C1)C(NC(=O)OCc1ccccc1)[C@@H](C3)C2. The lowest BCUT2D eigenvalue weighted by atomic mass is 9.48. The Morgan fingerprint density at radius 2 is 1.87 bits per heavy atom. The zero-order valence-corrected chi connectivity index (χ0v) is 13.5. The highest BCUT2D eigenvalue weighted by molar-refractivity contribution is 5.67. The third kappa shape index (κ3) is 2.85. The van der Waals surface area contributed by atoms with Crippen molar-refractivity contribution in [1.29, 1.82) is 0 Å². The molecule has 5 atom stereocenters. The minimum atomic E-state index is -0.270. The molecular weight excluding hydrogens is 288 g/mol. The van der Waals surface area contributed by atoms with Gasteiger partial charge in [-0.1, -0.05) is 30.3 Å². The zero-order chi connectivity index (χ0) is 15.9. The number of amides is 1. The van der Waals surface area contributed by atoms with Gasteiger partial charge in [-0.15, -0.1) is 0 Å². The standard InChI is InChI=1S/C19H26N2O2/c20-12-19-8-14-6-15(9-19)17(16(7-14)10-19)21-18(22)23-11-13-4-2-1-3-5-13/h1-5,14-17H,6-12,20H2,(H,21,22)/t14?,15-,16+,17?,19?. The summed E-state index contributed by atoms with van der Waals surface area (Å²) in [6.07, 6.45) is 5.90. The highest BCUT2D eigenvalue weighted by Crippen LogP contribution is 2.59. The number of hydrogen-bond donors (Lipinski definition) is 2. The predicted octanol–water partition coefficient (Wildman–Crippen LogP) is 3.07. The van der Waals surface area contributed by atoms with Crippen LogP contribution in [-0.2, 0) is 11.3 Å². The Balaban J connectivity index is 1.35. The number of nitrogens with one attached hydrogen (secondary N) is 1. The number of alkyl carbamates (subject to hydrolysis) is 1. The molecule has 0 saturated heterocycles. The summed E-state index contributed by atoms with van der Waals surface area (Å²) >= 11 is 0. The lowest BCUT2D eigenvalue weighted by Gasteiger charge is -2.59. The number of carbonyl (C=O) groups excluding carboxylic acids is 1. The highest BCUT2D eigenvalue weighted by atomic mass is 16.5. The molecule has 0 radical (unpaired) electrons. The van der Waals surface area contributed by atoms with Gasteiger partial charge in [-0.25, -0.2) is 4.79 Å². The van der Waals surface area contributed by atoms with Crippen LogP contribution in [0, 0.1) is 23.2 Å². The van der Waals surface area contributed by atoms with Crippen LogP contribution in [-0.4, -0.2) is 18.7 Å². The molecule has 4 aliphatic carbocycles. The van der Waals surface area contributed by atoms with E-state index in [1.54, 1.807) is 0 Å². The van der Waals surface area contributed by atoms with Crippen LogP contribution in [0.5, 0.6) is 0 Å². The maximum Gasteiger partial charge on any atom is 0.407 e. The Hall–Kier alpha value is -1.55. The van der Waals surface area contributed by atoms with E-state index in [2.05, 4.69) is 5.32 Å². The summed E-state index contributed by atoms with van der Waals surface area (Å²) in [5.74, 6) is 2.01. The molecule has 4 bridgehead atoms. The van der Waals surface area contributed by atoms with Crippen LogP contribution in [0.2, 0.25) is 0 Å². The number of ether oxygens (including phenoxy) is 1. The molecule has 0 aliphatic heterocycles. The molecule has 4 fully saturated rings. The van der Waals surface area contributed by atoms with Crippen molar-refractivity contribution in [3.63, 3.8) is 0 Å². The molecule has 4 nitrogen and oxygen atoms in total. The van der Waals surface area contributed by atoms with Crippen molar-refractivity contribution < 1.29 is 9.53 Å². The molecule has 0 heterocycles. The fraction of sp³-hybridized carbons (Fsp3) is 0.632. The normalized spacial score (nSPS) is 37.6. The molecule has 1 amide bonds. The summed E-state index contributed by atoms with van der Waals surface area (Å²) < 4.78 is 5.41. The number of hydrogen-bond acceptors (Lipinski definition) is 3. The maximum atomic E-state index is 12.2. The Morgan fingerprint density at radius 1 is 1.17 bits per heavy atom. The first kappa shape index (κ1) is 15.0. The average Bonchev–Trinajstić information content (AvgIpc) is 2.57. The zero-order valence-electron chi connectivity index (χ0n) is 13.5. The van der Waals surface area contributed by atoms with Crippen molar-refractivity contribution in [2.24, 2.45) is 28.9 Å². The number of rotatable bonds is 4. The smallest absolute Gasteiger partial charge is 0.407 e. The number of carbonyl (C=O) groups is 1. The molecule has 23 heavy (non-hydrogen) atoms. The molecule has 124 valence electrons. The largest absolute Gasteiger partial charge is 0.445 e. The third-order valence-electron chi connectivity index (χ3n) is 6.33. The van der Waals surface area contributed by atoms with Crippen LogP contribution in [0.1, 0.15) is 37.7 Å². The van der Waals surface area contributed by atoms with Crippen molar-refractivity contribution in [2.45, 2.75) is 44.8 Å². The molecule has 3 unspecified atom stereocenters. The van der Waals surface area contributed by atoms with Gasteiger partial charge < -0.3 is 15.8 Å². The second kappa shape index (κ2) is 5.82. The highest BCUT2D eigenvalue weighted by Gasteiger charge is 2.55.